The third kappa shape index (κ3) is 3.41. The smallest absolute Gasteiger partial charge is 0.373 e. The van der Waals surface area contributed by atoms with Crippen molar-refractivity contribution in [3.63, 3.8) is 0 Å². The summed E-state index contributed by atoms with van der Waals surface area (Å²) in [6.07, 6.45) is 0. The monoisotopic (exact) mass is 324 g/mol. The van der Waals surface area contributed by atoms with Crippen LogP contribution in [0.2, 0.25) is 0 Å². The fraction of sp³-hybridized carbons (Fsp3) is 0.250. The first-order chi connectivity index (χ1) is 10.5. The molecular weight excluding hydrogens is 306 g/mol. The Morgan fingerprint density at radius 1 is 0.864 bits per heavy atom. The first kappa shape index (κ1) is 16.8. The summed E-state index contributed by atoms with van der Waals surface area (Å²) < 4.78 is 43.2. The van der Waals surface area contributed by atoms with Crippen molar-refractivity contribution in [2.45, 2.75) is 6.92 Å². The van der Waals surface area contributed by atoms with Crippen molar-refractivity contribution >= 4 is 14.0 Å². The third-order valence-electron chi connectivity index (χ3n) is 3.31. The summed E-state index contributed by atoms with van der Waals surface area (Å²) >= 11 is 0. The van der Waals surface area contributed by atoms with Gasteiger partial charge in [0, 0.05) is 32.1 Å². The van der Waals surface area contributed by atoms with Crippen LogP contribution in [-0.2, 0) is 13.3 Å². The van der Waals surface area contributed by atoms with E-state index in [-0.39, 0.29) is 0 Å². The maximum absolute atomic E-state index is 13.3. The Bertz CT molecular complexity index is 608. The van der Waals surface area contributed by atoms with E-state index in [2.05, 4.69) is 0 Å². The van der Waals surface area contributed by atoms with E-state index in [0.717, 1.165) is 11.3 Å². The molecule has 2 rings (SSSR count). The van der Waals surface area contributed by atoms with Crippen molar-refractivity contribution < 1.29 is 22.1 Å². The van der Waals surface area contributed by atoms with Gasteiger partial charge < -0.3 is 13.3 Å². The molecule has 0 saturated carbocycles. The molecule has 0 saturated heterocycles. The molecule has 6 heteroatoms. The quantitative estimate of drug-likeness (QED) is 0.764. The maximum atomic E-state index is 13.3. The second kappa shape index (κ2) is 7.10. The van der Waals surface area contributed by atoms with Gasteiger partial charge in [-0.15, -0.1) is 0 Å². The van der Waals surface area contributed by atoms with Gasteiger partial charge in [0.15, 0.2) is 0 Å². The summed E-state index contributed by atoms with van der Waals surface area (Å²) in [5, 5.41) is 0.792. The average Bonchev–Trinajstić information content (AvgIpc) is 2.52. The standard InChI is InChI=1S/C16H18F2O3Si/c1-4-21-22(19-2,20-3)16-7-5-12(6-8-16)13-9-14(17)11-15(18)10-13/h5-11H,4H2,1-3H3. The van der Waals surface area contributed by atoms with E-state index in [1.54, 1.807) is 38.5 Å². The number of halogens is 2. The van der Waals surface area contributed by atoms with E-state index in [9.17, 15) is 8.78 Å². The molecule has 0 radical (unpaired) electrons. The molecule has 0 bridgehead atoms. The predicted molar refractivity (Wildman–Crippen MR) is 82.8 cm³/mol. The largest absolute Gasteiger partial charge is 0.536 e. The molecule has 2 aromatic rings. The molecule has 0 aliphatic heterocycles. The summed E-state index contributed by atoms with van der Waals surface area (Å²) in [5.41, 5.74) is 1.18. The zero-order valence-corrected chi connectivity index (χ0v) is 13.7. The van der Waals surface area contributed by atoms with Crippen LogP contribution in [0.4, 0.5) is 8.78 Å². The lowest BCUT2D eigenvalue weighted by molar-refractivity contribution is 0.120. The first-order valence-electron chi connectivity index (χ1n) is 6.86. The van der Waals surface area contributed by atoms with Gasteiger partial charge in [0.1, 0.15) is 11.6 Å². The van der Waals surface area contributed by atoms with Gasteiger partial charge in [-0.1, -0.05) is 24.3 Å². The van der Waals surface area contributed by atoms with Crippen molar-refractivity contribution in [1.82, 2.24) is 0 Å². The highest BCUT2D eigenvalue weighted by molar-refractivity contribution is 6.75. The van der Waals surface area contributed by atoms with Gasteiger partial charge in [0.05, 0.1) is 0 Å². The van der Waals surface area contributed by atoms with Crippen molar-refractivity contribution in [2.75, 3.05) is 20.8 Å². The van der Waals surface area contributed by atoms with E-state index < -0.39 is 20.4 Å². The van der Waals surface area contributed by atoms with E-state index >= 15 is 0 Å². The van der Waals surface area contributed by atoms with Crippen molar-refractivity contribution in [2.24, 2.45) is 0 Å². The van der Waals surface area contributed by atoms with Crippen molar-refractivity contribution in [1.29, 1.82) is 0 Å². The van der Waals surface area contributed by atoms with Crippen LogP contribution < -0.4 is 5.19 Å². The zero-order valence-electron chi connectivity index (χ0n) is 12.7. The number of hydrogen-bond donors (Lipinski definition) is 0. The van der Waals surface area contributed by atoms with Crippen LogP contribution in [0.15, 0.2) is 42.5 Å². The summed E-state index contributed by atoms with van der Waals surface area (Å²) in [6, 6.07) is 10.6. The minimum absolute atomic E-state index is 0.463. The number of benzene rings is 2. The molecule has 0 aliphatic carbocycles. The van der Waals surface area contributed by atoms with Crippen molar-refractivity contribution in [3.8, 4) is 11.1 Å². The third-order valence-corrected chi connectivity index (χ3v) is 6.09. The number of rotatable bonds is 6. The fourth-order valence-electron chi connectivity index (χ4n) is 2.30. The lowest BCUT2D eigenvalue weighted by atomic mass is 10.1. The van der Waals surface area contributed by atoms with E-state index in [0.29, 0.717) is 17.7 Å². The molecule has 0 N–H and O–H groups in total. The molecule has 3 nitrogen and oxygen atoms in total. The van der Waals surface area contributed by atoms with Crippen LogP contribution in [-0.4, -0.2) is 29.6 Å². The molecule has 0 aliphatic rings. The molecule has 0 heterocycles. The Hall–Kier alpha value is -1.60. The Balaban J connectivity index is 2.37. The highest BCUT2D eigenvalue weighted by Crippen LogP contribution is 2.21. The Morgan fingerprint density at radius 2 is 1.41 bits per heavy atom. The predicted octanol–water partition coefficient (Wildman–Crippen LogP) is 3.11. The summed E-state index contributed by atoms with van der Waals surface area (Å²) in [6.45, 7) is 2.33. The molecule has 0 amide bonds. The van der Waals surface area contributed by atoms with Crippen LogP contribution in [0.5, 0.6) is 0 Å². The minimum Gasteiger partial charge on any atom is -0.373 e. The first-order valence-corrected chi connectivity index (χ1v) is 8.58. The fourth-order valence-corrected chi connectivity index (χ4v) is 4.29. The lowest BCUT2D eigenvalue weighted by Crippen LogP contribution is -2.55. The van der Waals surface area contributed by atoms with Crippen LogP contribution in [0.3, 0.4) is 0 Å². The average molecular weight is 324 g/mol. The van der Waals surface area contributed by atoms with Gasteiger partial charge in [0.2, 0.25) is 0 Å². The molecule has 0 atom stereocenters. The highest BCUT2D eigenvalue weighted by atomic mass is 28.4. The van der Waals surface area contributed by atoms with Gasteiger partial charge in [-0.3, -0.25) is 0 Å². The molecule has 0 fully saturated rings. The molecule has 118 valence electrons. The molecule has 0 spiro atoms. The molecule has 0 aromatic heterocycles. The topological polar surface area (TPSA) is 27.7 Å². The van der Waals surface area contributed by atoms with Gasteiger partial charge >= 0.3 is 8.80 Å². The lowest BCUT2D eigenvalue weighted by Gasteiger charge is -2.26. The minimum atomic E-state index is -2.91. The van der Waals surface area contributed by atoms with Crippen LogP contribution in [0.1, 0.15) is 6.92 Å². The molecule has 22 heavy (non-hydrogen) atoms. The van der Waals surface area contributed by atoms with Crippen molar-refractivity contribution in [3.05, 3.63) is 54.1 Å². The summed E-state index contributed by atoms with van der Waals surface area (Å²) in [4.78, 5) is 0. The molecule has 0 unspecified atom stereocenters. The Morgan fingerprint density at radius 3 is 1.86 bits per heavy atom. The van der Waals surface area contributed by atoms with Gasteiger partial charge in [-0.2, -0.15) is 0 Å². The highest BCUT2D eigenvalue weighted by Gasteiger charge is 2.41. The van der Waals surface area contributed by atoms with E-state index in [1.807, 2.05) is 6.92 Å². The van der Waals surface area contributed by atoms with Crippen LogP contribution >= 0.6 is 0 Å². The summed E-state index contributed by atoms with van der Waals surface area (Å²) in [5.74, 6) is -1.21. The maximum Gasteiger partial charge on any atom is 0.536 e. The Kier molecular flexibility index (Phi) is 5.41. The van der Waals surface area contributed by atoms with Crippen LogP contribution in [0.25, 0.3) is 11.1 Å². The summed E-state index contributed by atoms with van der Waals surface area (Å²) in [7, 11) is 0.172. The Labute approximate surface area is 129 Å². The van der Waals surface area contributed by atoms with Gasteiger partial charge in [-0.25, -0.2) is 8.78 Å². The zero-order chi connectivity index (χ0) is 16.2. The van der Waals surface area contributed by atoms with Gasteiger partial charge in [-0.05, 0) is 30.2 Å². The molecular formula is C16H18F2O3Si. The van der Waals surface area contributed by atoms with Crippen LogP contribution in [0, 0.1) is 11.6 Å². The second-order valence-electron chi connectivity index (χ2n) is 4.63. The van der Waals surface area contributed by atoms with E-state index in [1.165, 1.54) is 12.1 Å². The van der Waals surface area contributed by atoms with Gasteiger partial charge in [0.25, 0.3) is 0 Å². The molecule has 2 aromatic carbocycles. The number of hydrogen-bond acceptors (Lipinski definition) is 3. The van der Waals surface area contributed by atoms with E-state index in [4.69, 9.17) is 13.3 Å². The second-order valence-corrected chi connectivity index (χ2v) is 7.43. The SMILES string of the molecule is CCO[Si](OC)(OC)c1ccc(-c2cc(F)cc(F)c2)cc1. The normalized spacial score (nSPS) is 11.7.